The lowest BCUT2D eigenvalue weighted by atomic mass is 9.85. The van der Waals surface area contributed by atoms with Crippen molar-refractivity contribution in [2.24, 2.45) is 17.8 Å². The van der Waals surface area contributed by atoms with E-state index >= 15 is 0 Å². The number of halogens is 1. The molecule has 3 nitrogen and oxygen atoms in total. The van der Waals surface area contributed by atoms with Crippen LogP contribution in [0, 0.1) is 17.8 Å². The smallest absolute Gasteiger partial charge is 0.223 e. The van der Waals surface area contributed by atoms with Crippen LogP contribution in [-0.2, 0) is 4.79 Å². The zero-order valence-electron chi connectivity index (χ0n) is 11.0. The highest BCUT2D eigenvalue weighted by Gasteiger charge is 2.47. The maximum atomic E-state index is 12.1. The first kappa shape index (κ1) is 14.1. The SMILES string of the molecule is Cl.O=C(NC1CCNC1)C1CC1C1CCCCC1. The molecular weight excluding hydrogens is 248 g/mol. The maximum Gasteiger partial charge on any atom is 0.223 e. The first-order chi connectivity index (χ1) is 8.34. The standard InChI is InChI=1S/C14H24N2O.ClH/c17-14(16-11-6-7-15-9-11)13-8-12(13)10-4-2-1-3-5-10;/h10-13,15H,1-9H2,(H,16,17);1H. The van der Waals surface area contributed by atoms with Crippen LogP contribution in [0.1, 0.15) is 44.9 Å². The third-order valence-electron chi connectivity index (χ3n) is 4.84. The van der Waals surface area contributed by atoms with Crippen LogP contribution in [0.2, 0.25) is 0 Å². The molecule has 3 atom stereocenters. The molecule has 0 bridgehead atoms. The Balaban J connectivity index is 0.00000120. The quantitative estimate of drug-likeness (QED) is 0.826. The van der Waals surface area contributed by atoms with Gasteiger partial charge < -0.3 is 10.6 Å². The molecule has 0 aromatic heterocycles. The van der Waals surface area contributed by atoms with Crippen molar-refractivity contribution in [2.45, 2.75) is 51.0 Å². The monoisotopic (exact) mass is 272 g/mol. The second kappa shape index (κ2) is 6.25. The van der Waals surface area contributed by atoms with Crippen LogP contribution in [0.25, 0.3) is 0 Å². The van der Waals surface area contributed by atoms with Gasteiger partial charge in [0.1, 0.15) is 0 Å². The summed E-state index contributed by atoms with van der Waals surface area (Å²) >= 11 is 0. The van der Waals surface area contributed by atoms with E-state index in [4.69, 9.17) is 0 Å². The van der Waals surface area contributed by atoms with E-state index in [2.05, 4.69) is 10.6 Å². The minimum atomic E-state index is 0. The normalized spacial score (nSPS) is 35.9. The third kappa shape index (κ3) is 3.18. The van der Waals surface area contributed by atoms with E-state index in [1.807, 2.05) is 0 Å². The summed E-state index contributed by atoms with van der Waals surface area (Å²) < 4.78 is 0. The van der Waals surface area contributed by atoms with Gasteiger partial charge in [-0.3, -0.25) is 4.79 Å². The number of carbonyl (C=O) groups is 1. The molecule has 3 unspecified atom stereocenters. The summed E-state index contributed by atoms with van der Waals surface area (Å²) in [4.78, 5) is 12.1. The topological polar surface area (TPSA) is 41.1 Å². The summed E-state index contributed by atoms with van der Waals surface area (Å²) in [7, 11) is 0. The van der Waals surface area contributed by atoms with Gasteiger partial charge in [-0.2, -0.15) is 0 Å². The number of carbonyl (C=O) groups excluding carboxylic acids is 1. The van der Waals surface area contributed by atoms with Gasteiger partial charge in [-0.05, 0) is 31.2 Å². The van der Waals surface area contributed by atoms with E-state index in [0.29, 0.717) is 17.9 Å². The molecule has 104 valence electrons. The van der Waals surface area contributed by atoms with Crippen LogP contribution in [0.3, 0.4) is 0 Å². The lowest BCUT2D eigenvalue weighted by Gasteiger charge is -2.21. The van der Waals surface area contributed by atoms with E-state index in [-0.39, 0.29) is 12.4 Å². The predicted octanol–water partition coefficient (Wildman–Crippen LogP) is 2.10. The van der Waals surface area contributed by atoms with Crippen molar-refractivity contribution in [1.29, 1.82) is 0 Å². The minimum Gasteiger partial charge on any atom is -0.352 e. The summed E-state index contributed by atoms with van der Waals surface area (Å²) in [6, 6.07) is 0.398. The van der Waals surface area contributed by atoms with E-state index in [9.17, 15) is 4.79 Å². The van der Waals surface area contributed by atoms with Crippen molar-refractivity contribution in [3.05, 3.63) is 0 Å². The average Bonchev–Trinajstić information content (AvgIpc) is 3.02. The van der Waals surface area contributed by atoms with Crippen LogP contribution in [-0.4, -0.2) is 25.0 Å². The molecule has 2 N–H and O–H groups in total. The van der Waals surface area contributed by atoms with Crippen LogP contribution in [0.15, 0.2) is 0 Å². The highest BCUT2D eigenvalue weighted by Crippen LogP contribution is 2.49. The summed E-state index contributed by atoms with van der Waals surface area (Å²) in [6.07, 6.45) is 9.21. The van der Waals surface area contributed by atoms with E-state index in [1.54, 1.807) is 0 Å². The Hall–Kier alpha value is -0.280. The van der Waals surface area contributed by atoms with Gasteiger partial charge in [0.05, 0.1) is 0 Å². The van der Waals surface area contributed by atoms with E-state index < -0.39 is 0 Å². The first-order valence-corrected chi connectivity index (χ1v) is 7.35. The lowest BCUT2D eigenvalue weighted by Crippen LogP contribution is -2.37. The Morgan fingerprint density at radius 3 is 2.56 bits per heavy atom. The fourth-order valence-electron chi connectivity index (χ4n) is 3.69. The van der Waals surface area contributed by atoms with Crippen LogP contribution in [0.5, 0.6) is 0 Å². The second-order valence-corrected chi connectivity index (χ2v) is 6.10. The van der Waals surface area contributed by atoms with E-state index in [1.165, 1.54) is 32.1 Å². The molecule has 1 amide bonds. The van der Waals surface area contributed by atoms with Crippen molar-refractivity contribution < 1.29 is 4.79 Å². The van der Waals surface area contributed by atoms with Crippen molar-refractivity contribution in [3.8, 4) is 0 Å². The largest absolute Gasteiger partial charge is 0.352 e. The van der Waals surface area contributed by atoms with E-state index in [0.717, 1.165) is 37.8 Å². The highest BCUT2D eigenvalue weighted by molar-refractivity contribution is 5.85. The van der Waals surface area contributed by atoms with Crippen LogP contribution < -0.4 is 10.6 Å². The Morgan fingerprint density at radius 2 is 1.89 bits per heavy atom. The third-order valence-corrected chi connectivity index (χ3v) is 4.84. The second-order valence-electron chi connectivity index (χ2n) is 6.10. The Labute approximate surface area is 116 Å². The van der Waals surface area contributed by atoms with Crippen molar-refractivity contribution in [3.63, 3.8) is 0 Å². The molecule has 1 saturated heterocycles. The van der Waals surface area contributed by atoms with Crippen molar-refractivity contribution in [2.75, 3.05) is 13.1 Å². The number of amides is 1. The molecule has 0 aromatic rings. The predicted molar refractivity (Wildman–Crippen MR) is 74.8 cm³/mol. The molecule has 0 spiro atoms. The molecular formula is C14H25ClN2O. The molecule has 18 heavy (non-hydrogen) atoms. The molecule has 0 aromatic carbocycles. The van der Waals surface area contributed by atoms with Gasteiger partial charge in [0.25, 0.3) is 0 Å². The van der Waals surface area contributed by atoms with Crippen molar-refractivity contribution >= 4 is 18.3 Å². The molecule has 2 aliphatic carbocycles. The first-order valence-electron chi connectivity index (χ1n) is 7.35. The minimum absolute atomic E-state index is 0. The molecule has 1 heterocycles. The Morgan fingerprint density at radius 1 is 1.11 bits per heavy atom. The van der Waals surface area contributed by atoms with Gasteiger partial charge in [-0.25, -0.2) is 0 Å². The molecule has 1 aliphatic heterocycles. The van der Waals surface area contributed by atoms with Gasteiger partial charge in [0.15, 0.2) is 0 Å². The van der Waals surface area contributed by atoms with Gasteiger partial charge in [0.2, 0.25) is 5.91 Å². The average molecular weight is 273 g/mol. The Kier molecular flexibility index (Phi) is 4.91. The fraction of sp³-hybridized carbons (Fsp3) is 0.929. The highest BCUT2D eigenvalue weighted by atomic mass is 35.5. The molecule has 3 rings (SSSR count). The van der Waals surface area contributed by atoms with Gasteiger partial charge in [-0.1, -0.05) is 32.1 Å². The summed E-state index contributed by atoms with van der Waals surface area (Å²) in [6.45, 7) is 2.02. The summed E-state index contributed by atoms with van der Waals surface area (Å²) in [5.74, 6) is 2.29. The zero-order valence-corrected chi connectivity index (χ0v) is 11.8. The molecule has 3 aliphatic rings. The maximum absolute atomic E-state index is 12.1. The molecule has 0 radical (unpaired) electrons. The number of hydrogen-bond donors (Lipinski definition) is 2. The summed E-state index contributed by atoms with van der Waals surface area (Å²) in [5, 5.41) is 6.51. The molecule has 2 saturated carbocycles. The Bertz CT molecular complexity index is 286. The number of nitrogens with one attached hydrogen (secondary N) is 2. The molecule has 4 heteroatoms. The molecule has 3 fully saturated rings. The summed E-state index contributed by atoms with van der Waals surface area (Å²) in [5.41, 5.74) is 0. The number of rotatable bonds is 3. The number of hydrogen-bond acceptors (Lipinski definition) is 2. The zero-order chi connectivity index (χ0) is 11.7. The van der Waals surface area contributed by atoms with Crippen LogP contribution in [0.4, 0.5) is 0 Å². The lowest BCUT2D eigenvalue weighted by molar-refractivity contribution is -0.123. The van der Waals surface area contributed by atoms with Crippen molar-refractivity contribution in [1.82, 2.24) is 10.6 Å². The van der Waals surface area contributed by atoms with Gasteiger partial charge in [-0.15, -0.1) is 12.4 Å². The fourth-order valence-corrected chi connectivity index (χ4v) is 3.69. The van der Waals surface area contributed by atoms with Gasteiger partial charge in [0, 0.05) is 18.5 Å². The van der Waals surface area contributed by atoms with Gasteiger partial charge >= 0.3 is 0 Å². The van der Waals surface area contributed by atoms with Crippen LogP contribution >= 0.6 is 12.4 Å².